The lowest BCUT2D eigenvalue weighted by molar-refractivity contribution is 0.0653. The molecule has 0 aliphatic heterocycles. The fourth-order valence-electron chi connectivity index (χ4n) is 1.14. The summed E-state index contributed by atoms with van der Waals surface area (Å²) in [5.41, 5.74) is 0. The van der Waals surface area contributed by atoms with Gasteiger partial charge in [0.15, 0.2) is 11.0 Å². The molecule has 1 aromatic rings. The third kappa shape index (κ3) is 3.23. The first-order chi connectivity index (χ1) is 7.19. The van der Waals surface area contributed by atoms with Gasteiger partial charge < -0.3 is 19.5 Å². The fourth-order valence-corrected chi connectivity index (χ4v) is 1.29. The van der Waals surface area contributed by atoms with Crippen molar-refractivity contribution < 1.29 is 19.4 Å². The predicted molar refractivity (Wildman–Crippen MR) is 53.8 cm³/mol. The van der Waals surface area contributed by atoms with Crippen LogP contribution in [0.4, 0.5) is 0 Å². The van der Waals surface area contributed by atoms with E-state index >= 15 is 0 Å². The highest BCUT2D eigenvalue weighted by atomic mass is 35.5. The van der Waals surface area contributed by atoms with E-state index in [1.54, 1.807) is 0 Å². The standard InChI is InChI=1S/C9H12ClNO4/c10-8-2-1-7(15-8)9(14)11(3-5-12)4-6-13/h1-2,12-13H,3-6H2. The summed E-state index contributed by atoms with van der Waals surface area (Å²) in [4.78, 5) is 13.0. The van der Waals surface area contributed by atoms with Gasteiger partial charge in [0.05, 0.1) is 13.2 Å². The molecule has 84 valence electrons. The maximum Gasteiger partial charge on any atom is 0.289 e. The molecule has 0 radical (unpaired) electrons. The Bertz CT molecular complexity index is 320. The van der Waals surface area contributed by atoms with Crippen molar-refractivity contribution in [1.29, 1.82) is 0 Å². The van der Waals surface area contributed by atoms with Crippen LogP contribution >= 0.6 is 11.6 Å². The van der Waals surface area contributed by atoms with Crippen molar-refractivity contribution in [3.63, 3.8) is 0 Å². The van der Waals surface area contributed by atoms with Gasteiger partial charge in [0.2, 0.25) is 0 Å². The maximum atomic E-state index is 11.7. The van der Waals surface area contributed by atoms with Crippen LogP contribution < -0.4 is 0 Å². The average Bonchev–Trinajstić information content (AvgIpc) is 2.63. The van der Waals surface area contributed by atoms with Crippen molar-refractivity contribution in [2.45, 2.75) is 0 Å². The first-order valence-corrected chi connectivity index (χ1v) is 4.83. The lowest BCUT2D eigenvalue weighted by Gasteiger charge is -2.18. The summed E-state index contributed by atoms with van der Waals surface area (Å²) < 4.78 is 4.93. The van der Waals surface area contributed by atoms with Crippen molar-refractivity contribution in [3.8, 4) is 0 Å². The van der Waals surface area contributed by atoms with Crippen molar-refractivity contribution in [1.82, 2.24) is 4.90 Å². The Labute approximate surface area is 91.9 Å². The minimum Gasteiger partial charge on any atom is -0.440 e. The third-order valence-corrected chi connectivity index (χ3v) is 2.01. The summed E-state index contributed by atoms with van der Waals surface area (Å²) >= 11 is 5.53. The van der Waals surface area contributed by atoms with E-state index in [4.69, 9.17) is 26.2 Å². The molecule has 0 aliphatic rings. The molecule has 1 aromatic heterocycles. The zero-order valence-electron chi connectivity index (χ0n) is 8.02. The highest BCUT2D eigenvalue weighted by molar-refractivity contribution is 6.29. The summed E-state index contributed by atoms with van der Waals surface area (Å²) in [7, 11) is 0. The van der Waals surface area contributed by atoms with Crippen molar-refractivity contribution in [3.05, 3.63) is 23.1 Å². The molecule has 0 unspecified atom stereocenters. The summed E-state index contributed by atoms with van der Waals surface area (Å²) in [5.74, 6) is -0.299. The van der Waals surface area contributed by atoms with Crippen LogP contribution in [0.5, 0.6) is 0 Å². The van der Waals surface area contributed by atoms with E-state index in [0.29, 0.717) is 0 Å². The summed E-state index contributed by atoms with van der Waals surface area (Å²) in [5, 5.41) is 17.6. The Balaban J connectivity index is 2.71. The molecule has 0 fully saturated rings. The van der Waals surface area contributed by atoms with Gasteiger partial charge in [-0.15, -0.1) is 0 Å². The van der Waals surface area contributed by atoms with Crippen LogP contribution in [0.3, 0.4) is 0 Å². The highest BCUT2D eigenvalue weighted by Crippen LogP contribution is 2.14. The second kappa shape index (κ2) is 5.75. The van der Waals surface area contributed by atoms with Gasteiger partial charge in [-0.3, -0.25) is 4.79 Å². The third-order valence-electron chi connectivity index (χ3n) is 1.81. The minimum absolute atomic E-state index is 0.0990. The predicted octanol–water partition coefficient (Wildman–Crippen LogP) is 0.360. The second-order valence-corrected chi connectivity index (χ2v) is 3.22. The van der Waals surface area contributed by atoms with Gasteiger partial charge in [-0.05, 0) is 23.7 Å². The van der Waals surface area contributed by atoms with E-state index in [9.17, 15) is 4.79 Å². The zero-order chi connectivity index (χ0) is 11.3. The molecular formula is C9H12ClNO4. The van der Waals surface area contributed by atoms with E-state index in [2.05, 4.69) is 0 Å². The highest BCUT2D eigenvalue weighted by Gasteiger charge is 2.17. The van der Waals surface area contributed by atoms with Gasteiger partial charge in [-0.2, -0.15) is 0 Å². The molecule has 5 nitrogen and oxygen atoms in total. The number of hydrogen-bond donors (Lipinski definition) is 2. The Morgan fingerprint density at radius 2 is 1.93 bits per heavy atom. The number of furan rings is 1. The van der Waals surface area contributed by atoms with Gasteiger partial charge in [0.25, 0.3) is 5.91 Å². The topological polar surface area (TPSA) is 73.9 Å². The zero-order valence-corrected chi connectivity index (χ0v) is 8.78. The van der Waals surface area contributed by atoms with E-state index < -0.39 is 5.91 Å². The summed E-state index contributed by atoms with van der Waals surface area (Å²) in [6.07, 6.45) is 0. The molecule has 6 heteroatoms. The maximum absolute atomic E-state index is 11.7. The Hall–Kier alpha value is -1.04. The van der Waals surface area contributed by atoms with Crippen LogP contribution in [0.1, 0.15) is 10.6 Å². The molecule has 0 saturated heterocycles. The number of hydrogen-bond acceptors (Lipinski definition) is 4. The average molecular weight is 234 g/mol. The molecule has 1 heterocycles. The van der Waals surface area contributed by atoms with Crippen molar-refractivity contribution in [2.75, 3.05) is 26.3 Å². The molecule has 1 amide bonds. The van der Waals surface area contributed by atoms with Gasteiger partial charge in [0, 0.05) is 13.1 Å². The SMILES string of the molecule is O=C(c1ccc(Cl)o1)N(CCO)CCO. The van der Waals surface area contributed by atoms with Crippen LogP contribution in [0.2, 0.25) is 5.22 Å². The van der Waals surface area contributed by atoms with Crippen LogP contribution in [-0.4, -0.2) is 47.3 Å². The van der Waals surface area contributed by atoms with Gasteiger partial charge in [0.1, 0.15) is 0 Å². The lowest BCUT2D eigenvalue weighted by atomic mass is 10.3. The van der Waals surface area contributed by atoms with Crippen LogP contribution in [-0.2, 0) is 0 Å². The first-order valence-electron chi connectivity index (χ1n) is 4.45. The normalized spacial score (nSPS) is 10.3. The van der Waals surface area contributed by atoms with Crippen molar-refractivity contribution >= 4 is 17.5 Å². The van der Waals surface area contributed by atoms with Gasteiger partial charge in [-0.25, -0.2) is 0 Å². The van der Waals surface area contributed by atoms with E-state index in [1.807, 2.05) is 0 Å². The first kappa shape index (κ1) is 12.0. The molecule has 0 atom stereocenters. The number of carbonyl (C=O) groups excluding carboxylic acids is 1. The fraction of sp³-hybridized carbons (Fsp3) is 0.444. The molecule has 2 N–H and O–H groups in total. The summed E-state index contributed by atoms with van der Waals surface area (Å²) in [6.45, 7) is -0.0320. The minimum atomic E-state index is -0.398. The molecule has 0 spiro atoms. The van der Waals surface area contributed by atoms with Gasteiger partial charge >= 0.3 is 0 Å². The molecule has 0 saturated carbocycles. The Morgan fingerprint density at radius 3 is 2.33 bits per heavy atom. The van der Waals surface area contributed by atoms with Crippen LogP contribution in [0.25, 0.3) is 0 Å². The quantitative estimate of drug-likeness (QED) is 0.770. The smallest absolute Gasteiger partial charge is 0.289 e. The van der Waals surface area contributed by atoms with Crippen LogP contribution in [0, 0.1) is 0 Å². The monoisotopic (exact) mass is 233 g/mol. The second-order valence-electron chi connectivity index (χ2n) is 2.84. The number of rotatable bonds is 5. The molecular weight excluding hydrogens is 222 g/mol. The number of carbonyl (C=O) groups is 1. The van der Waals surface area contributed by atoms with E-state index in [0.717, 1.165) is 0 Å². The molecule has 0 aliphatic carbocycles. The number of amides is 1. The Kier molecular flexibility index (Phi) is 4.61. The molecule has 1 rings (SSSR count). The van der Waals surface area contributed by atoms with E-state index in [1.165, 1.54) is 17.0 Å². The lowest BCUT2D eigenvalue weighted by Crippen LogP contribution is -2.35. The van der Waals surface area contributed by atoms with Crippen molar-refractivity contribution in [2.24, 2.45) is 0 Å². The number of aliphatic hydroxyl groups excluding tert-OH is 2. The largest absolute Gasteiger partial charge is 0.440 e. The van der Waals surface area contributed by atoms with Gasteiger partial charge in [-0.1, -0.05) is 0 Å². The summed E-state index contributed by atoms with van der Waals surface area (Å²) in [6, 6.07) is 2.91. The molecule has 0 bridgehead atoms. The molecule has 0 aromatic carbocycles. The van der Waals surface area contributed by atoms with Crippen LogP contribution in [0.15, 0.2) is 16.5 Å². The number of halogens is 1. The Morgan fingerprint density at radius 1 is 1.33 bits per heavy atom. The number of aliphatic hydroxyl groups is 2. The number of nitrogens with zero attached hydrogens (tertiary/aromatic N) is 1. The van der Waals surface area contributed by atoms with E-state index in [-0.39, 0.29) is 37.3 Å². The molecule has 15 heavy (non-hydrogen) atoms.